The molecule has 0 amide bonds. The van der Waals surface area contributed by atoms with Gasteiger partial charge in [0.25, 0.3) is 0 Å². The number of imidazole rings is 1. The second kappa shape index (κ2) is 9.84. The third-order valence-electron chi connectivity index (χ3n) is 5.70. The zero-order valence-electron chi connectivity index (χ0n) is 18.8. The van der Waals surface area contributed by atoms with Gasteiger partial charge >= 0.3 is 5.97 Å². The summed E-state index contributed by atoms with van der Waals surface area (Å²) in [7, 11) is 1.70. The highest BCUT2D eigenvalue weighted by Crippen LogP contribution is 2.32. The topological polar surface area (TPSA) is 108 Å². The van der Waals surface area contributed by atoms with E-state index >= 15 is 0 Å². The maximum absolute atomic E-state index is 14.4. The first kappa shape index (κ1) is 23.7. The van der Waals surface area contributed by atoms with E-state index in [2.05, 4.69) is 32.9 Å². The quantitative estimate of drug-likeness (QED) is 0.291. The largest absolute Gasteiger partial charge is 0.478 e. The predicted molar refractivity (Wildman–Crippen MR) is 131 cm³/mol. The van der Waals surface area contributed by atoms with E-state index in [0.717, 1.165) is 41.0 Å². The van der Waals surface area contributed by atoms with Crippen LogP contribution in [0.1, 0.15) is 30.1 Å². The smallest absolute Gasteiger partial charge is 0.335 e. The number of carboxylic acids is 1. The Morgan fingerprint density at radius 1 is 1.26 bits per heavy atom. The van der Waals surface area contributed by atoms with E-state index in [0.29, 0.717) is 29.9 Å². The number of carbonyl (C=O) groups is 1. The second-order valence-corrected chi connectivity index (χ2v) is 9.21. The number of anilines is 1. The summed E-state index contributed by atoms with van der Waals surface area (Å²) in [4.78, 5) is 15.7. The highest BCUT2D eigenvalue weighted by atomic mass is 79.9. The Morgan fingerprint density at radius 2 is 2.06 bits per heavy atom. The lowest BCUT2D eigenvalue weighted by atomic mass is 10.0. The molecule has 2 aromatic carbocycles. The molecule has 0 spiro atoms. The molecule has 0 aliphatic rings. The number of benzene rings is 2. The average molecular weight is 530 g/mol. The van der Waals surface area contributed by atoms with Crippen LogP contribution >= 0.6 is 15.9 Å². The number of aryl methyl sites for hydroxylation is 1. The van der Waals surface area contributed by atoms with Crippen molar-refractivity contribution in [2.45, 2.75) is 26.3 Å². The normalized spacial score (nSPS) is 12.2. The highest BCUT2D eigenvalue weighted by molar-refractivity contribution is 9.10. The van der Waals surface area contributed by atoms with E-state index in [1.54, 1.807) is 7.05 Å². The van der Waals surface area contributed by atoms with Crippen LogP contribution in [0.25, 0.3) is 22.2 Å². The third-order valence-corrected chi connectivity index (χ3v) is 6.20. The Hall–Kier alpha value is -3.40. The van der Waals surface area contributed by atoms with Gasteiger partial charge in [0.2, 0.25) is 11.8 Å². The van der Waals surface area contributed by atoms with E-state index in [1.807, 2.05) is 22.8 Å². The summed E-state index contributed by atoms with van der Waals surface area (Å²) in [5.74, 6) is -0.461. The summed E-state index contributed by atoms with van der Waals surface area (Å²) in [5.41, 5.74) is 8.54. The highest BCUT2D eigenvalue weighted by Gasteiger charge is 2.18. The van der Waals surface area contributed by atoms with Gasteiger partial charge in [-0.05, 0) is 55.2 Å². The number of nitrogens with two attached hydrogens (primary N) is 1. The van der Waals surface area contributed by atoms with Crippen LogP contribution in [0.2, 0.25) is 0 Å². The molecule has 1 atom stereocenters. The first-order valence-electron chi connectivity index (χ1n) is 10.8. The Morgan fingerprint density at radius 3 is 2.82 bits per heavy atom. The van der Waals surface area contributed by atoms with Gasteiger partial charge in [-0.1, -0.05) is 22.9 Å². The second-order valence-electron chi connectivity index (χ2n) is 8.30. The van der Waals surface area contributed by atoms with Crippen molar-refractivity contribution in [3.8, 4) is 17.0 Å². The van der Waals surface area contributed by atoms with E-state index in [-0.39, 0.29) is 11.1 Å². The lowest BCUT2D eigenvalue weighted by Crippen LogP contribution is -2.12. The van der Waals surface area contributed by atoms with Crippen molar-refractivity contribution in [1.29, 1.82) is 0 Å². The minimum atomic E-state index is -1.12. The Balaban J connectivity index is 1.39. The summed E-state index contributed by atoms with van der Waals surface area (Å²) in [6, 6.07) is 9.55. The van der Waals surface area contributed by atoms with Crippen molar-refractivity contribution in [2.75, 3.05) is 12.3 Å². The van der Waals surface area contributed by atoms with E-state index < -0.39 is 11.8 Å². The molecule has 0 radical (unpaired) electrons. The molecular formula is C24H25BrFN5O3. The number of hydrogen-bond acceptors (Lipinski definition) is 5. The summed E-state index contributed by atoms with van der Waals surface area (Å²) < 4.78 is 24.9. The molecule has 0 aliphatic carbocycles. The molecule has 0 fully saturated rings. The molecule has 2 aromatic heterocycles. The molecule has 4 rings (SSSR count). The fourth-order valence-electron chi connectivity index (χ4n) is 3.96. The fourth-order valence-corrected chi connectivity index (χ4v) is 4.31. The molecule has 10 heteroatoms. The standard InChI is InChI=1S/C24H25BrFN5O3/c1-14(13-31-21-11-16(25)6-8-20(21)29-24(31)27)4-3-9-34-22-18(12-28-30(22)2)17-10-15(23(32)33)5-7-19(17)26/h5-8,10-12,14H,3-4,9,13H2,1-2H3,(H2,27,29)(H,32,33). The molecule has 2 heterocycles. The van der Waals surface area contributed by atoms with Gasteiger partial charge in [0.1, 0.15) is 5.82 Å². The van der Waals surface area contributed by atoms with Gasteiger partial charge in [-0.2, -0.15) is 5.10 Å². The third kappa shape index (κ3) is 4.91. The zero-order chi connectivity index (χ0) is 24.4. The van der Waals surface area contributed by atoms with Gasteiger partial charge in [-0.3, -0.25) is 0 Å². The summed E-state index contributed by atoms with van der Waals surface area (Å²) in [6.45, 7) is 3.28. The molecule has 4 aromatic rings. The number of nitrogens with zero attached hydrogens (tertiary/aromatic N) is 4. The lowest BCUT2D eigenvalue weighted by Gasteiger charge is -2.15. The van der Waals surface area contributed by atoms with Crippen molar-refractivity contribution in [3.05, 3.63) is 58.4 Å². The van der Waals surface area contributed by atoms with Crippen molar-refractivity contribution in [3.63, 3.8) is 0 Å². The van der Waals surface area contributed by atoms with Crippen molar-refractivity contribution >= 4 is 38.9 Å². The molecule has 0 saturated heterocycles. The number of halogens is 2. The Kier molecular flexibility index (Phi) is 6.87. The summed E-state index contributed by atoms with van der Waals surface area (Å²) in [6.07, 6.45) is 3.12. The van der Waals surface area contributed by atoms with E-state index in [4.69, 9.17) is 10.5 Å². The number of rotatable bonds is 9. The van der Waals surface area contributed by atoms with E-state index in [1.165, 1.54) is 23.0 Å². The number of carboxylic acid groups (broad SMARTS) is 1. The molecule has 8 nitrogen and oxygen atoms in total. The number of hydrogen-bond donors (Lipinski definition) is 2. The number of aromatic nitrogens is 4. The average Bonchev–Trinajstić information content (AvgIpc) is 3.30. The Labute approximate surface area is 204 Å². The van der Waals surface area contributed by atoms with Crippen LogP contribution in [0.15, 0.2) is 47.1 Å². The molecule has 1 unspecified atom stereocenters. The fraction of sp³-hybridized carbons (Fsp3) is 0.292. The molecule has 0 aliphatic heterocycles. The van der Waals surface area contributed by atoms with E-state index in [9.17, 15) is 14.3 Å². The first-order chi connectivity index (χ1) is 16.2. The van der Waals surface area contributed by atoms with Gasteiger partial charge < -0.3 is 20.1 Å². The van der Waals surface area contributed by atoms with Crippen molar-refractivity contribution < 1.29 is 19.0 Å². The number of fused-ring (bicyclic) bond motifs is 1. The summed E-state index contributed by atoms with van der Waals surface area (Å²) in [5, 5.41) is 13.4. The monoisotopic (exact) mass is 529 g/mol. The minimum absolute atomic E-state index is 0.00152. The van der Waals surface area contributed by atoms with Gasteiger partial charge in [0.15, 0.2) is 0 Å². The molecule has 34 heavy (non-hydrogen) atoms. The van der Waals surface area contributed by atoms with Gasteiger partial charge in [0.05, 0.1) is 35.0 Å². The lowest BCUT2D eigenvalue weighted by molar-refractivity contribution is 0.0697. The minimum Gasteiger partial charge on any atom is -0.478 e. The number of ether oxygens (including phenoxy) is 1. The first-order valence-corrected chi connectivity index (χ1v) is 11.6. The molecular weight excluding hydrogens is 505 g/mol. The Bertz CT molecular complexity index is 1350. The maximum Gasteiger partial charge on any atom is 0.335 e. The zero-order valence-corrected chi connectivity index (χ0v) is 20.4. The predicted octanol–water partition coefficient (Wildman–Crippen LogP) is 5.11. The van der Waals surface area contributed by atoms with Gasteiger partial charge in [-0.25, -0.2) is 18.9 Å². The van der Waals surface area contributed by atoms with Crippen molar-refractivity contribution in [1.82, 2.24) is 19.3 Å². The summed E-state index contributed by atoms with van der Waals surface area (Å²) >= 11 is 3.50. The number of nitrogen functional groups attached to an aromatic ring is 1. The van der Waals surface area contributed by atoms with Crippen LogP contribution in [-0.4, -0.2) is 37.0 Å². The number of aromatic carboxylic acids is 1. The van der Waals surface area contributed by atoms with Crippen LogP contribution in [0, 0.1) is 11.7 Å². The van der Waals surface area contributed by atoms with Crippen LogP contribution in [-0.2, 0) is 13.6 Å². The molecule has 0 saturated carbocycles. The van der Waals surface area contributed by atoms with Crippen LogP contribution in [0.4, 0.5) is 10.3 Å². The molecule has 0 bridgehead atoms. The van der Waals surface area contributed by atoms with Crippen LogP contribution in [0.3, 0.4) is 0 Å². The SMILES string of the molecule is CC(CCCOc1c(-c2cc(C(=O)O)ccc2F)cnn1C)Cn1c(N)nc2ccc(Br)cc21. The van der Waals surface area contributed by atoms with Gasteiger partial charge in [-0.15, -0.1) is 0 Å². The molecule has 3 N–H and O–H groups in total. The van der Waals surface area contributed by atoms with Crippen molar-refractivity contribution in [2.24, 2.45) is 13.0 Å². The molecule has 178 valence electrons. The van der Waals surface area contributed by atoms with Gasteiger partial charge in [0, 0.05) is 23.6 Å². The van der Waals surface area contributed by atoms with Crippen LogP contribution < -0.4 is 10.5 Å². The maximum atomic E-state index is 14.4. The van der Waals surface area contributed by atoms with Crippen LogP contribution in [0.5, 0.6) is 5.88 Å².